The molecule has 0 radical (unpaired) electrons. The summed E-state index contributed by atoms with van der Waals surface area (Å²) in [7, 11) is 0. The van der Waals surface area contributed by atoms with Crippen LogP contribution in [0.5, 0.6) is 0 Å². The van der Waals surface area contributed by atoms with Crippen LogP contribution < -0.4 is 51.4 Å². The summed E-state index contributed by atoms with van der Waals surface area (Å²) in [5, 5.41) is 0. The first-order valence-corrected chi connectivity index (χ1v) is 3.99. The quantitative estimate of drug-likeness (QED) is 0.492. The van der Waals surface area contributed by atoms with Crippen molar-refractivity contribution in [2.75, 3.05) is 0 Å². The van der Waals surface area contributed by atoms with Gasteiger partial charge in [0.25, 0.3) is 0 Å². The number of hydrogen-bond donors (Lipinski definition) is 0. The third kappa shape index (κ3) is 3.70. The molecule has 8 heteroatoms. The van der Waals surface area contributed by atoms with E-state index in [4.69, 9.17) is 0 Å². The second-order valence-electron chi connectivity index (χ2n) is 3.38. The topological polar surface area (TPSA) is 0 Å². The van der Waals surface area contributed by atoms with Gasteiger partial charge >= 0.3 is 64.5 Å². The molecule has 0 aromatic carbocycles. The normalized spacial score (nSPS) is 21.0. The Bertz CT molecular complexity index is 170. The Morgan fingerprint density at radius 2 is 1.50 bits per heavy atom. The summed E-state index contributed by atoms with van der Waals surface area (Å²) in [5.74, 6) is -4.28. The molecule has 0 aromatic heterocycles. The van der Waals surface area contributed by atoms with Gasteiger partial charge in [0, 0.05) is 5.82 Å². The number of alkyl halides is 3. The van der Waals surface area contributed by atoms with E-state index in [-0.39, 0.29) is 64.2 Å². The minimum atomic E-state index is -5.79. The number of hydrogen-bond acceptors (Lipinski definition) is 0. The molecule has 0 spiro atoms. The van der Waals surface area contributed by atoms with E-state index in [1.165, 1.54) is 0 Å². The first kappa shape index (κ1) is 15.3. The first-order valence-electron chi connectivity index (χ1n) is 3.99. The van der Waals surface area contributed by atoms with E-state index in [2.05, 4.69) is 0 Å². The molecule has 0 saturated heterocycles. The van der Waals surface area contributed by atoms with Gasteiger partial charge in [-0.3, -0.25) is 0 Å². The Hall–Kier alpha value is 1.28. The molecule has 0 heterocycles. The maximum absolute atomic E-state index is 12.0. The van der Waals surface area contributed by atoms with Crippen molar-refractivity contribution in [3.8, 4) is 0 Å². The van der Waals surface area contributed by atoms with Crippen LogP contribution in [0.25, 0.3) is 0 Å². The Balaban J connectivity index is 0.00000169. The van der Waals surface area contributed by atoms with Gasteiger partial charge in [0.05, 0.1) is 0 Å². The van der Waals surface area contributed by atoms with Gasteiger partial charge in [-0.05, 0) is 0 Å². The van der Waals surface area contributed by atoms with E-state index in [0.29, 0.717) is 6.42 Å². The molecule has 1 saturated carbocycles. The zero-order valence-electron chi connectivity index (χ0n) is 7.62. The van der Waals surface area contributed by atoms with Gasteiger partial charge in [0.1, 0.15) is 0 Å². The molecule has 1 aliphatic carbocycles. The molecule has 0 aromatic rings. The van der Waals surface area contributed by atoms with Gasteiger partial charge in [-0.15, -0.1) is 0 Å². The largest absolute Gasteiger partial charge is 1.00 e. The molecule has 14 heavy (non-hydrogen) atoms. The Kier molecular flexibility index (Phi) is 5.54. The van der Waals surface area contributed by atoms with Crippen LogP contribution in [0.2, 0.25) is 5.82 Å². The van der Waals surface area contributed by atoms with Crippen LogP contribution in [-0.2, 0) is 0 Å². The zero-order valence-corrected chi connectivity index (χ0v) is 10.7. The van der Waals surface area contributed by atoms with E-state index in [1.54, 1.807) is 0 Å². The minimum Gasteiger partial charge on any atom is -0.448 e. The molecule has 1 fully saturated rings. The third-order valence-electron chi connectivity index (χ3n) is 2.44. The van der Waals surface area contributed by atoms with Crippen LogP contribution in [-0.4, -0.2) is 13.2 Å². The van der Waals surface area contributed by atoms with Crippen molar-refractivity contribution >= 4 is 6.98 Å². The minimum absolute atomic E-state index is 0. The van der Waals surface area contributed by atoms with Crippen LogP contribution in [0.1, 0.15) is 19.3 Å². The predicted molar refractivity (Wildman–Crippen MR) is 36.2 cm³/mol. The molecule has 0 nitrogen and oxygen atoms in total. The molecule has 0 aliphatic heterocycles. The summed E-state index contributed by atoms with van der Waals surface area (Å²) in [6.07, 6.45) is -4.55. The van der Waals surface area contributed by atoms with Crippen molar-refractivity contribution in [2.45, 2.75) is 31.3 Å². The summed E-state index contributed by atoms with van der Waals surface area (Å²) in [6, 6.07) is 0. The fourth-order valence-electron chi connectivity index (χ4n) is 1.59. The molecule has 1 rings (SSSR count). The molecule has 0 N–H and O–H groups in total. The third-order valence-corrected chi connectivity index (χ3v) is 2.44. The van der Waals surface area contributed by atoms with E-state index >= 15 is 0 Å². The van der Waals surface area contributed by atoms with Crippen molar-refractivity contribution in [1.29, 1.82) is 0 Å². The first-order chi connectivity index (χ1) is 5.73. The average molecular weight is 244 g/mol. The van der Waals surface area contributed by atoms with Gasteiger partial charge < -0.3 is 12.9 Å². The van der Waals surface area contributed by atoms with E-state index in [1.807, 2.05) is 0 Å². The van der Waals surface area contributed by atoms with E-state index in [9.17, 15) is 26.1 Å². The Labute approximate surface area is 120 Å². The summed E-state index contributed by atoms with van der Waals surface area (Å²) in [6.45, 7) is -5.79. The monoisotopic (exact) mass is 244 g/mol. The molecule has 0 amide bonds. The van der Waals surface area contributed by atoms with Crippen LogP contribution in [0.15, 0.2) is 0 Å². The van der Waals surface area contributed by atoms with Crippen molar-refractivity contribution in [1.82, 2.24) is 0 Å². The Morgan fingerprint density at radius 1 is 1.07 bits per heavy atom. The van der Waals surface area contributed by atoms with Crippen molar-refractivity contribution in [2.24, 2.45) is 5.92 Å². The molecule has 78 valence electrons. The van der Waals surface area contributed by atoms with Crippen molar-refractivity contribution in [3.63, 3.8) is 0 Å². The van der Waals surface area contributed by atoms with E-state index in [0.717, 1.165) is 0 Å². The second kappa shape index (κ2) is 5.07. The van der Waals surface area contributed by atoms with E-state index < -0.39 is 24.9 Å². The van der Waals surface area contributed by atoms with Gasteiger partial charge in [-0.1, -0.05) is 25.2 Å². The van der Waals surface area contributed by atoms with Crippen molar-refractivity contribution in [3.05, 3.63) is 0 Å². The molecule has 0 bridgehead atoms. The predicted octanol–water partition coefficient (Wildman–Crippen LogP) is 0.570. The average Bonchev–Trinajstić information content (AvgIpc) is 1.71. The van der Waals surface area contributed by atoms with Crippen LogP contribution in [0.4, 0.5) is 26.1 Å². The van der Waals surface area contributed by atoms with Gasteiger partial charge in [-0.2, -0.15) is 13.2 Å². The fourth-order valence-corrected chi connectivity index (χ4v) is 1.59. The SMILES string of the molecule is F[B-](F)(F)C(C1CCC1)C(F)(F)F.[K+]. The summed E-state index contributed by atoms with van der Waals surface area (Å²) in [4.78, 5) is 0. The molecular formula is C6H8BF6K. The standard InChI is InChI=1S/C6H8BF6.K/c8-6(9,10)5(7(11,12)13)4-2-1-3-4;/h4-5H,1-3H2;/q-1;+1. The maximum Gasteiger partial charge on any atom is 1.00 e. The summed E-state index contributed by atoms with van der Waals surface area (Å²) < 4.78 is 72.0. The maximum atomic E-state index is 12.0. The summed E-state index contributed by atoms with van der Waals surface area (Å²) >= 11 is 0. The van der Waals surface area contributed by atoms with Gasteiger partial charge in [0.15, 0.2) is 0 Å². The molecular weight excluding hydrogens is 236 g/mol. The number of rotatable bonds is 2. The fraction of sp³-hybridized carbons (Fsp3) is 1.00. The summed E-state index contributed by atoms with van der Waals surface area (Å²) in [5.41, 5.74) is 0. The van der Waals surface area contributed by atoms with Gasteiger partial charge in [-0.25, -0.2) is 0 Å². The zero-order chi connectivity index (χ0) is 10.3. The van der Waals surface area contributed by atoms with Gasteiger partial charge in [0.2, 0.25) is 0 Å². The number of halogens is 6. The smallest absolute Gasteiger partial charge is 0.448 e. The van der Waals surface area contributed by atoms with Crippen LogP contribution in [0, 0.1) is 5.92 Å². The van der Waals surface area contributed by atoms with Crippen LogP contribution in [0.3, 0.4) is 0 Å². The molecule has 1 atom stereocenters. The molecule has 1 unspecified atom stereocenters. The van der Waals surface area contributed by atoms with Crippen LogP contribution >= 0.6 is 0 Å². The van der Waals surface area contributed by atoms with Crippen molar-refractivity contribution < 1.29 is 77.5 Å². The second-order valence-corrected chi connectivity index (χ2v) is 3.38. The Morgan fingerprint density at radius 3 is 1.57 bits per heavy atom. The molecule has 1 aliphatic rings.